The number of benzene rings is 2. The summed E-state index contributed by atoms with van der Waals surface area (Å²) in [6.07, 6.45) is 3.08. The number of carbonyl (C=O) groups excluding carboxylic acids is 3. The van der Waals surface area contributed by atoms with Gasteiger partial charge >= 0.3 is 11.9 Å². The predicted molar refractivity (Wildman–Crippen MR) is 135 cm³/mol. The molecule has 1 N–H and O–H groups in total. The Morgan fingerprint density at radius 2 is 1.60 bits per heavy atom. The predicted octanol–water partition coefficient (Wildman–Crippen LogP) is 5.80. The molecule has 2 aromatic carbocycles. The molecule has 0 spiro atoms. The molecule has 3 rings (SSSR count). The minimum atomic E-state index is -0.818. The van der Waals surface area contributed by atoms with E-state index in [4.69, 9.17) is 9.47 Å². The van der Waals surface area contributed by atoms with Gasteiger partial charge in [-0.15, -0.1) is 0 Å². The maximum Gasteiger partial charge on any atom is 0.311 e. The molecule has 6 heteroatoms. The molecule has 2 aromatic rings. The van der Waals surface area contributed by atoms with E-state index in [0.717, 1.165) is 22.3 Å². The third-order valence-corrected chi connectivity index (χ3v) is 6.41. The number of Topliss-reactive ketones (excluding diaryl/α,β-unsaturated/α-hetero) is 1. The number of aryl methyl sites for hydroxylation is 1. The summed E-state index contributed by atoms with van der Waals surface area (Å²) in [6.45, 7) is 9.64. The van der Waals surface area contributed by atoms with Crippen molar-refractivity contribution in [3.63, 3.8) is 0 Å². The Kier molecular flexibility index (Phi) is 7.95. The third-order valence-electron chi connectivity index (χ3n) is 6.41. The van der Waals surface area contributed by atoms with Crippen molar-refractivity contribution in [3.8, 4) is 11.5 Å². The molecule has 0 heterocycles. The average molecular weight is 477 g/mol. The lowest BCUT2D eigenvalue weighted by molar-refractivity contribution is -0.157. The normalized spacial score (nSPS) is 17.5. The number of allylic oxidation sites excluding steroid dienone is 1. The molecule has 1 aliphatic rings. The third kappa shape index (κ3) is 6.92. The molecule has 0 amide bonds. The lowest BCUT2D eigenvalue weighted by atomic mass is 9.72. The molecule has 0 radical (unpaired) electrons. The van der Waals surface area contributed by atoms with Crippen LogP contribution in [0.5, 0.6) is 11.5 Å². The van der Waals surface area contributed by atoms with Gasteiger partial charge in [-0.05, 0) is 72.7 Å². The molecular weight excluding hydrogens is 444 g/mol. The van der Waals surface area contributed by atoms with E-state index < -0.39 is 18.0 Å². The number of esters is 2. The van der Waals surface area contributed by atoms with Crippen molar-refractivity contribution in [2.45, 2.75) is 60.0 Å². The van der Waals surface area contributed by atoms with Crippen LogP contribution in [-0.4, -0.2) is 28.9 Å². The quantitative estimate of drug-likeness (QED) is 0.308. The van der Waals surface area contributed by atoms with Crippen molar-refractivity contribution in [2.24, 2.45) is 5.41 Å². The van der Waals surface area contributed by atoms with E-state index in [2.05, 4.69) is 0 Å². The Bertz CT molecular complexity index is 1160. The molecule has 0 aliphatic heterocycles. The number of rotatable bonds is 7. The van der Waals surface area contributed by atoms with Gasteiger partial charge in [-0.2, -0.15) is 0 Å². The minimum absolute atomic E-state index is 0.143. The first kappa shape index (κ1) is 25.9. The van der Waals surface area contributed by atoms with E-state index in [9.17, 15) is 19.5 Å². The molecule has 1 unspecified atom stereocenters. The summed E-state index contributed by atoms with van der Waals surface area (Å²) >= 11 is 0. The van der Waals surface area contributed by atoms with Gasteiger partial charge in [-0.3, -0.25) is 14.4 Å². The molecule has 35 heavy (non-hydrogen) atoms. The van der Waals surface area contributed by atoms with Gasteiger partial charge in [0.25, 0.3) is 0 Å². The topological polar surface area (TPSA) is 89.9 Å². The van der Waals surface area contributed by atoms with Crippen LogP contribution >= 0.6 is 0 Å². The Balaban J connectivity index is 1.48. The standard InChI is InChI=1S/C29H32O6/c1-18-14-22(16-23(30)15-18)7-6-21-8-10-24(11-9-21)34-26(31)12-13-27(32)35-25-17-29(4,5)20(3)19(2)28(25)33/h6-11,14-16,25,30H,12-13,17H2,1-5H3/b7-6+. The summed E-state index contributed by atoms with van der Waals surface area (Å²) in [5.74, 6) is -0.735. The maximum absolute atomic E-state index is 12.5. The number of ketones is 1. The van der Waals surface area contributed by atoms with Crippen LogP contribution < -0.4 is 4.74 Å². The lowest BCUT2D eigenvalue weighted by Gasteiger charge is -2.35. The molecule has 1 atom stereocenters. The van der Waals surface area contributed by atoms with Crippen LogP contribution in [0, 0.1) is 12.3 Å². The summed E-state index contributed by atoms with van der Waals surface area (Å²) in [5, 5.41) is 9.70. The van der Waals surface area contributed by atoms with Crippen LogP contribution in [-0.2, 0) is 19.1 Å². The highest BCUT2D eigenvalue weighted by Gasteiger charge is 2.38. The van der Waals surface area contributed by atoms with Crippen LogP contribution in [0.25, 0.3) is 12.2 Å². The highest BCUT2D eigenvalue weighted by atomic mass is 16.5. The molecular formula is C29H32O6. The van der Waals surface area contributed by atoms with Gasteiger partial charge in [-0.25, -0.2) is 0 Å². The molecule has 6 nitrogen and oxygen atoms in total. The minimum Gasteiger partial charge on any atom is -0.508 e. The molecule has 0 aromatic heterocycles. The zero-order valence-electron chi connectivity index (χ0n) is 20.9. The van der Waals surface area contributed by atoms with Crippen LogP contribution in [0.2, 0.25) is 0 Å². The zero-order valence-corrected chi connectivity index (χ0v) is 20.9. The highest BCUT2D eigenvalue weighted by Crippen LogP contribution is 2.39. The van der Waals surface area contributed by atoms with E-state index in [1.165, 1.54) is 0 Å². The van der Waals surface area contributed by atoms with Crippen molar-refractivity contribution < 1.29 is 29.0 Å². The van der Waals surface area contributed by atoms with Crippen molar-refractivity contribution in [2.75, 3.05) is 0 Å². The first-order valence-electron chi connectivity index (χ1n) is 11.7. The van der Waals surface area contributed by atoms with Crippen molar-refractivity contribution in [1.29, 1.82) is 0 Å². The van der Waals surface area contributed by atoms with Crippen molar-refractivity contribution in [3.05, 3.63) is 70.3 Å². The van der Waals surface area contributed by atoms with Gasteiger partial charge in [0, 0.05) is 6.42 Å². The highest BCUT2D eigenvalue weighted by molar-refractivity contribution is 6.01. The van der Waals surface area contributed by atoms with E-state index in [0.29, 0.717) is 17.7 Å². The van der Waals surface area contributed by atoms with Gasteiger partial charge < -0.3 is 14.6 Å². The van der Waals surface area contributed by atoms with Gasteiger partial charge in [-0.1, -0.05) is 49.8 Å². The van der Waals surface area contributed by atoms with Gasteiger partial charge in [0.2, 0.25) is 0 Å². The molecule has 0 fully saturated rings. The Morgan fingerprint density at radius 3 is 2.26 bits per heavy atom. The first-order chi connectivity index (χ1) is 16.4. The van der Waals surface area contributed by atoms with Gasteiger partial charge in [0.1, 0.15) is 11.5 Å². The van der Waals surface area contributed by atoms with Crippen LogP contribution in [0.15, 0.2) is 53.6 Å². The monoisotopic (exact) mass is 476 g/mol. The number of hydrogen-bond donors (Lipinski definition) is 1. The molecule has 184 valence electrons. The van der Waals surface area contributed by atoms with Gasteiger partial charge in [0.05, 0.1) is 12.8 Å². The second-order valence-electron chi connectivity index (χ2n) is 9.66. The number of phenols is 1. The van der Waals surface area contributed by atoms with Gasteiger partial charge in [0.15, 0.2) is 11.9 Å². The number of phenolic OH excluding ortho intramolecular Hbond substituents is 1. The fraction of sp³-hybridized carbons (Fsp3) is 0.345. The number of aromatic hydroxyl groups is 1. The molecule has 0 bridgehead atoms. The van der Waals surface area contributed by atoms with E-state index in [1.807, 2.05) is 45.9 Å². The molecule has 0 saturated carbocycles. The van der Waals surface area contributed by atoms with E-state index >= 15 is 0 Å². The lowest BCUT2D eigenvalue weighted by Crippen LogP contribution is -2.38. The summed E-state index contributed by atoms with van der Waals surface area (Å²) < 4.78 is 10.7. The van der Waals surface area contributed by atoms with E-state index in [-0.39, 0.29) is 29.8 Å². The number of ether oxygens (including phenoxy) is 2. The number of hydrogen-bond acceptors (Lipinski definition) is 6. The van der Waals surface area contributed by atoms with Crippen LogP contribution in [0.4, 0.5) is 0 Å². The first-order valence-corrected chi connectivity index (χ1v) is 11.7. The second-order valence-corrected chi connectivity index (χ2v) is 9.66. The maximum atomic E-state index is 12.5. The zero-order chi connectivity index (χ0) is 25.8. The summed E-state index contributed by atoms with van der Waals surface area (Å²) in [4.78, 5) is 36.9. The summed E-state index contributed by atoms with van der Waals surface area (Å²) in [6, 6.07) is 12.3. The van der Waals surface area contributed by atoms with E-state index in [1.54, 1.807) is 43.3 Å². The van der Waals surface area contributed by atoms with Crippen molar-refractivity contribution in [1.82, 2.24) is 0 Å². The molecule has 0 saturated heterocycles. The SMILES string of the molecule is CC1=C(C)C(C)(C)CC(OC(=O)CCC(=O)Oc2ccc(/C=C/c3cc(C)cc(O)c3)cc2)C1=O. The fourth-order valence-corrected chi connectivity index (χ4v) is 4.07. The smallest absolute Gasteiger partial charge is 0.311 e. The number of carbonyl (C=O) groups is 3. The summed E-state index contributed by atoms with van der Waals surface area (Å²) in [7, 11) is 0. The summed E-state index contributed by atoms with van der Waals surface area (Å²) in [5.41, 5.74) is 4.15. The fourth-order valence-electron chi connectivity index (χ4n) is 4.07. The Morgan fingerprint density at radius 1 is 0.971 bits per heavy atom. The Hall–Kier alpha value is -3.67. The van der Waals surface area contributed by atoms with Crippen LogP contribution in [0.3, 0.4) is 0 Å². The molecule has 1 aliphatic carbocycles. The second kappa shape index (κ2) is 10.7. The van der Waals surface area contributed by atoms with Crippen molar-refractivity contribution >= 4 is 29.9 Å². The average Bonchev–Trinajstić information content (AvgIpc) is 2.79. The Labute approximate surface area is 206 Å². The largest absolute Gasteiger partial charge is 0.508 e. The van der Waals surface area contributed by atoms with Crippen LogP contribution in [0.1, 0.15) is 63.6 Å².